The van der Waals surface area contributed by atoms with Crippen LogP contribution in [0.2, 0.25) is 0 Å². The summed E-state index contributed by atoms with van der Waals surface area (Å²) in [6, 6.07) is 8.63. The molecular formula is C11H17NS. The molecule has 1 aromatic carbocycles. The smallest absolute Gasteiger partial charge is 0.00693 e. The molecule has 1 aromatic rings. The zero-order valence-corrected chi connectivity index (χ0v) is 9.32. The van der Waals surface area contributed by atoms with E-state index < -0.39 is 0 Å². The van der Waals surface area contributed by atoms with Crippen LogP contribution in [0.5, 0.6) is 0 Å². The van der Waals surface area contributed by atoms with E-state index >= 15 is 0 Å². The number of benzene rings is 1. The second-order valence-corrected chi connectivity index (χ2v) is 4.70. The molecule has 0 atom stereocenters. The van der Waals surface area contributed by atoms with Crippen molar-refractivity contribution in [1.82, 2.24) is 0 Å². The molecule has 0 aliphatic rings. The van der Waals surface area contributed by atoms with Crippen LogP contribution in [0.1, 0.15) is 19.4 Å². The maximum absolute atomic E-state index is 5.70. The number of nitrogens with two attached hydrogens (primary N) is 1. The van der Waals surface area contributed by atoms with E-state index in [-0.39, 0.29) is 5.41 Å². The average Bonchev–Trinajstić information content (AvgIpc) is 2.18. The summed E-state index contributed by atoms with van der Waals surface area (Å²) in [6.45, 7) is 5.02. The molecule has 2 heteroatoms. The van der Waals surface area contributed by atoms with Gasteiger partial charge in [-0.2, -0.15) is 0 Å². The highest BCUT2D eigenvalue weighted by Crippen LogP contribution is 2.24. The van der Waals surface area contributed by atoms with Gasteiger partial charge in [-0.05, 0) is 24.0 Å². The predicted octanol–water partition coefficient (Wildman–Crippen LogP) is 2.64. The van der Waals surface area contributed by atoms with Crippen molar-refractivity contribution in [2.24, 2.45) is 5.73 Å². The Kier molecular flexibility index (Phi) is 3.40. The third-order valence-corrected chi connectivity index (χ3v) is 3.13. The molecule has 0 unspecified atom stereocenters. The Bertz CT molecular complexity index is 264. The minimum Gasteiger partial charge on any atom is -0.330 e. The van der Waals surface area contributed by atoms with Crippen molar-refractivity contribution in [2.45, 2.75) is 24.2 Å². The van der Waals surface area contributed by atoms with Crippen LogP contribution in [-0.4, -0.2) is 12.8 Å². The lowest BCUT2D eigenvalue weighted by molar-refractivity contribution is 0.538. The Morgan fingerprint density at radius 3 is 2.15 bits per heavy atom. The molecule has 0 aliphatic heterocycles. The normalized spacial score (nSPS) is 11.7. The fourth-order valence-corrected chi connectivity index (χ4v) is 1.57. The summed E-state index contributed by atoms with van der Waals surface area (Å²) >= 11 is 1.76. The van der Waals surface area contributed by atoms with Crippen molar-refractivity contribution >= 4 is 11.8 Å². The summed E-state index contributed by atoms with van der Waals surface area (Å²) in [7, 11) is 0. The van der Waals surface area contributed by atoms with Crippen LogP contribution in [0.25, 0.3) is 0 Å². The second kappa shape index (κ2) is 4.16. The zero-order valence-electron chi connectivity index (χ0n) is 8.50. The van der Waals surface area contributed by atoms with Crippen molar-refractivity contribution in [3.05, 3.63) is 29.8 Å². The lowest BCUT2D eigenvalue weighted by atomic mass is 9.85. The number of rotatable bonds is 3. The van der Waals surface area contributed by atoms with Gasteiger partial charge in [-0.25, -0.2) is 0 Å². The Labute approximate surface area is 84.7 Å². The molecule has 0 heterocycles. The van der Waals surface area contributed by atoms with E-state index in [1.165, 1.54) is 10.5 Å². The molecule has 1 nitrogen and oxygen atoms in total. The topological polar surface area (TPSA) is 26.0 Å². The molecule has 13 heavy (non-hydrogen) atoms. The molecule has 72 valence electrons. The fourth-order valence-electron chi connectivity index (χ4n) is 1.16. The fraction of sp³-hybridized carbons (Fsp3) is 0.455. The lowest BCUT2D eigenvalue weighted by Gasteiger charge is -2.22. The molecule has 0 radical (unpaired) electrons. The Morgan fingerprint density at radius 1 is 1.23 bits per heavy atom. The van der Waals surface area contributed by atoms with Crippen molar-refractivity contribution < 1.29 is 0 Å². The van der Waals surface area contributed by atoms with Gasteiger partial charge < -0.3 is 5.73 Å². The minimum absolute atomic E-state index is 0.0942. The standard InChI is InChI=1S/C11H17NS/c1-11(2,8-12)9-4-6-10(13-3)7-5-9/h4-7H,8,12H2,1-3H3. The first-order chi connectivity index (χ1) is 6.10. The van der Waals surface area contributed by atoms with Crippen LogP contribution in [0, 0.1) is 0 Å². The van der Waals surface area contributed by atoms with Crippen molar-refractivity contribution in [2.75, 3.05) is 12.8 Å². The summed E-state index contributed by atoms with van der Waals surface area (Å²) < 4.78 is 0. The molecule has 1 rings (SSSR count). The van der Waals surface area contributed by atoms with Gasteiger partial charge in [0.2, 0.25) is 0 Å². The van der Waals surface area contributed by atoms with Crippen molar-refractivity contribution in [1.29, 1.82) is 0 Å². The SMILES string of the molecule is CSc1ccc(C(C)(C)CN)cc1. The number of thioether (sulfide) groups is 1. The Hall–Kier alpha value is -0.470. The predicted molar refractivity (Wildman–Crippen MR) is 60.3 cm³/mol. The largest absolute Gasteiger partial charge is 0.330 e. The first-order valence-corrected chi connectivity index (χ1v) is 5.67. The molecule has 0 bridgehead atoms. The Morgan fingerprint density at radius 2 is 1.77 bits per heavy atom. The van der Waals surface area contributed by atoms with E-state index in [1.54, 1.807) is 11.8 Å². The first-order valence-electron chi connectivity index (χ1n) is 4.45. The van der Waals surface area contributed by atoms with Gasteiger partial charge in [0.15, 0.2) is 0 Å². The summed E-state index contributed by atoms with van der Waals surface area (Å²) in [5.41, 5.74) is 7.11. The molecule has 0 amide bonds. The molecule has 0 spiro atoms. The summed E-state index contributed by atoms with van der Waals surface area (Å²) in [4.78, 5) is 1.30. The van der Waals surface area contributed by atoms with Crippen LogP contribution >= 0.6 is 11.8 Å². The highest BCUT2D eigenvalue weighted by Gasteiger charge is 2.17. The van der Waals surface area contributed by atoms with E-state index in [0.717, 1.165) is 0 Å². The van der Waals surface area contributed by atoms with Crippen molar-refractivity contribution in [3.63, 3.8) is 0 Å². The third-order valence-electron chi connectivity index (χ3n) is 2.38. The van der Waals surface area contributed by atoms with Gasteiger partial charge in [-0.3, -0.25) is 0 Å². The van der Waals surface area contributed by atoms with E-state index in [9.17, 15) is 0 Å². The molecule has 2 N–H and O–H groups in total. The lowest BCUT2D eigenvalue weighted by Crippen LogP contribution is -2.27. The highest BCUT2D eigenvalue weighted by molar-refractivity contribution is 7.98. The quantitative estimate of drug-likeness (QED) is 0.750. The van der Waals surface area contributed by atoms with Gasteiger partial charge in [-0.1, -0.05) is 26.0 Å². The van der Waals surface area contributed by atoms with Gasteiger partial charge in [0.25, 0.3) is 0 Å². The van der Waals surface area contributed by atoms with Crippen LogP contribution in [-0.2, 0) is 5.41 Å². The van der Waals surface area contributed by atoms with Gasteiger partial charge in [0, 0.05) is 16.9 Å². The minimum atomic E-state index is 0.0942. The molecule has 0 aromatic heterocycles. The second-order valence-electron chi connectivity index (χ2n) is 3.82. The van der Waals surface area contributed by atoms with Crippen LogP contribution < -0.4 is 5.73 Å². The third kappa shape index (κ3) is 2.48. The van der Waals surface area contributed by atoms with E-state index in [1.807, 2.05) is 0 Å². The molecule has 0 fully saturated rings. The van der Waals surface area contributed by atoms with Crippen LogP contribution in [0.3, 0.4) is 0 Å². The highest BCUT2D eigenvalue weighted by atomic mass is 32.2. The van der Waals surface area contributed by atoms with E-state index in [0.29, 0.717) is 6.54 Å². The van der Waals surface area contributed by atoms with Crippen LogP contribution in [0.15, 0.2) is 29.2 Å². The van der Waals surface area contributed by atoms with E-state index in [4.69, 9.17) is 5.73 Å². The first kappa shape index (κ1) is 10.6. The average molecular weight is 195 g/mol. The monoisotopic (exact) mass is 195 g/mol. The summed E-state index contributed by atoms with van der Waals surface area (Å²) in [5, 5.41) is 0. The molecule has 0 saturated carbocycles. The maximum Gasteiger partial charge on any atom is 0.00693 e. The maximum atomic E-state index is 5.70. The van der Waals surface area contributed by atoms with Gasteiger partial charge in [0.05, 0.1) is 0 Å². The Balaban J connectivity index is 2.92. The van der Waals surface area contributed by atoms with Gasteiger partial charge in [-0.15, -0.1) is 11.8 Å². The molecular weight excluding hydrogens is 178 g/mol. The van der Waals surface area contributed by atoms with Crippen molar-refractivity contribution in [3.8, 4) is 0 Å². The van der Waals surface area contributed by atoms with Crippen LogP contribution in [0.4, 0.5) is 0 Å². The van der Waals surface area contributed by atoms with E-state index in [2.05, 4.69) is 44.4 Å². The van der Waals surface area contributed by atoms with Gasteiger partial charge in [0.1, 0.15) is 0 Å². The number of hydrogen-bond acceptors (Lipinski definition) is 2. The summed E-state index contributed by atoms with van der Waals surface area (Å²) in [6.07, 6.45) is 2.09. The number of hydrogen-bond donors (Lipinski definition) is 1. The van der Waals surface area contributed by atoms with Gasteiger partial charge >= 0.3 is 0 Å². The summed E-state index contributed by atoms with van der Waals surface area (Å²) in [5.74, 6) is 0. The molecule has 0 aliphatic carbocycles. The zero-order chi connectivity index (χ0) is 9.90. The molecule has 0 saturated heterocycles.